The van der Waals surface area contributed by atoms with Gasteiger partial charge in [-0.25, -0.2) is 0 Å². The molecule has 1 aliphatic heterocycles. The molecular weight excluding hydrogens is 326 g/mol. The second kappa shape index (κ2) is 8.17. The highest BCUT2D eigenvalue weighted by Crippen LogP contribution is 2.33. The van der Waals surface area contributed by atoms with Crippen molar-refractivity contribution in [1.82, 2.24) is 0 Å². The van der Waals surface area contributed by atoms with Gasteiger partial charge in [0.05, 0.1) is 14.2 Å². The van der Waals surface area contributed by atoms with Crippen LogP contribution in [0.1, 0.15) is 42.4 Å². The van der Waals surface area contributed by atoms with Gasteiger partial charge in [-0.2, -0.15) is 0 Å². The van der Waals surface area contributed by atoms with Crippen LogP contribution in [0.4, 0.5) is 0 Å². The molecule has 0 aliphatic carbocycles. The molecule has 0 radical (unpaired) electrons. The number of aliphatic imine (C=N–C) groups is 1. The fraction of sp³-hybridized carbons (Fsp3) is 0.364. The topological polar surface area (TPSA) is 47.9 Å². The maximum atomic E-state index is 13.0. The minimum absolute atomic E-state index is 0.0931. The van der Waals surface area contributed by atoms with E-state index in [1.54, 1.807) is 14.2 Å². The molecule has 0 unspecified atom stereocenters. The minimum atomic E-state index is -0.0931. The van der Waals surface area contributed by atoms with E-state index in [1.807, 2.05) is 42.5 Å². The summed E-state index contributed by atoms with van der Waals surface area (Å²) in [6, 6.07) is 13.9. The van der Waals surface area contributed by atoms with Gasteiger partial charge in [0.25, 0.3) is 0 Å². The molecule has 2 aromatic carbocycles. The van der Waals surface area contributed by atoms with Gasteiger partial charge in [0.15, 0.2) is 11.5 Å². The molecule has 3 rings (SSSR count). The summed E-state index contributed by atoms with van der Waals surface area (Å²) >= 11 is 0. The SMILES string of the molecule is CC[C@H](C(=O)CC1=NCCc2cc(OC)c(OC)cc21)c1ccccc1. The lowest BCUT2D eigenvalue weighted by Gasteiger charge is -2.21. The van der Waals surface area contributed by atoms with E-state index in [0.717, 1.165) is 41.0 Å². The maximum absolute atomic E-state index is 13.0. The van der Waals surface area contributed by atoms with E-state index < -0.39 is 0 Å². The summed E-state index contributed by atoms with van der Waals surface area (Å²) in [6.07, 6.45) is 1.98. The van der Waals surface area contributed by atoms with Crippen LogP contribution in [-0.4, -0.2) is 32.3 Å². The number of rotatable bonds is 7. The zero-order valence-electron chi connectivity index (χ0n) is 15.6. The lowest BCUT2D eigenvalue weighted by Crippen LogP contribution is -2.21. The van der Waals surface area contributed by atoms with Crippen LogP contribution in [0, 0.1) is 0 Å². The van der Waals surface area contributed by atoms with Gasteiger partial charge in [0.1, 0.15) is 5.78 Å². The fourth-order valence-corrected chi connectivity index (χ4v) is 3.57. The highest BCUT2D eigenvalue weighted by atomic mass is 16.5. The molecule has 1 aliphatic rings. The first kappa shape index (κ1) is 18.2. The van der Waals surface area contributed by atoms with Crippen molar-refractivity contribution in [1.29, 1.82) is 0 Å². The van der Waals surface area contributed by atoms with Gasteiger partial charge in [0, 0.05) is 30.2 Å². The van der Waals surface area contributed by atoms with Crippen molar-refractivity contribution in [2.24, 2.45) is 4.99 Å². The molecule has 0 N–H and O–H groups in total. The number of hydrogen-bond donors (Lipinski definition) is 0. The number of methoxy groups -OCH3 is 2. The van der Waals surface area contributed by atoms with Crippen LogP contribution in [0.5, 0.6) is 11.5 Å². The van der Waals surface area contributed by atoms with Crippen LogP contribution < -0.4 is 9.47 Å². The molecule has 26 heavy (non-hydrogen) atoms. The Morgan fingerprint density at radius 2 is 1.81 bits per heavy atom. The van der Waals surface area contributed by atoms with Gasteiger partial charge in [-0.05, 0) is 36.1 Å². The van der Waals surface area contributed by atoms with Crippen LogP contribution in [0.3, 0.4) is 0 Å². The van der Waals surface area contributed by atoms with Crippen molar-refractivity contribution < 1.29 is 14.3 Å². The highest BCUT2D eigenvalue weighted by molar-refractivity contribution is 6.13. The van der Waals surface area contributed by atoms with Crippen molar-refractivity contribution in [3.05, 3.63) is 59.2 Å². The number of benzene rings is 2. The lowest BCUT2D eigenvalue weighted by molar-refractivity contribution is -0.119. The van der Waals surface area contributed by atoms with E-state index in [0.29, 0.717) is 18.7 Å². The minimum Gasteiger partial charge on any atom is -0.493 e. The number of ether oxygens (including phenoxy) is 2. The summed E-state index contributed by atoms with van der Waals surface area (Å²) in [6.45, 7) is 2.76. The molecule has 0 fully saturated rings. The summed E-state index contributed by atoms with van der Waals surface area (Å²) in [5, 5.41) is 0. The second-order valence-corrected chi connectivity index (χ2v) is 6.46. The zero-order chi connectivity index (χ0) is 18.5. The zero-order valence-corrected chi connectivity index (χ0v) is 15.6. The van der Waals surface area contributed by atoms with Crippen LogP contribution in [-0.2, 0) is 11.2 Å². The van der Waals surface area contributed by atoms with Gasteiger partial charge < -0.3 is 9.47 Å². The van der Waals surface area contributed by atoms with Crippen molar-refractivity contribution in [2.75, 3.05) is 20.8 Å². The fourth-order valence-electron chi connectivity index (χ4n) is 3.57. The number of nitrogens with zero attached hydrogens (tertiary/aromatic N) is 1. The van der Waals surface area contributed by atoms with Gasteiger partial charge in [0.2, 0.25) is 0 Å². The van der Waals surface area contributed by atoms with Crippen LogP contribution >= 0.6 is 0 Å². The molecule has 0 aromatic heterocycles. The Bertz CT molecular complexity index is 812. The lowest BCUT2D eigenvalue weighted by atomic mass is 9.87. The third-order valence-electron chi connectivity index (χ3n) is 4.94. The van der Waals surface area contributed by atoms with Gasteiger partial charge >= 0.3 is 0 Å². The maximum Gasteiger partial charge on any atom is 0.161 e. The standard InChI is InChI=1S/C22H25NO3/c1-4-17(15-8-6-5-7-9-15)20(24)14-19-18-13-22(26-3)21(25-2)12-16(18)10-11-23-19/h5-9,12-13,17H,4,10-11,14H2,1-3H3/t17-/m0/s1. The molecule has 136 valence electrons. The number of hydrogen-bond acceptors (Lipinski definition) is 4. The van der Waals surface area contributed by atoms with Crippen molar-refractivity contribution in [2.45, 2.75) is 32.1 Å². The Balaban J connectivity index is 1.87. The largest absolute Gasteiger partial charge is 0.493 e. The monoisotopic (exact) mass is 351 g/mol. The van der Waals surface area contributed by atoms with Crippen LogP contribution in [0.2, 0.25) is 0 Å². The van der Waals surface area contributed by atoms with Gasteiger partial charge in [-0.3, -0.25) is 9.79 Å². The smallest absolute Gasteiger partial charge is 0.161 e. The molecule has 0 saturated carbocycles. The second-order valence-electron chi connectivity index (χ2n) is 6.46. The summed E-state index contributed by atoms with van der Waals surface area (Å²) in [7, 11) is 3.26. The molecule has 0 saturated heterocycles. The summed E-state index contributed by atoms with van der Waals surface area (Å²) in [5.74, 6) is 1.50. The van der Waals surface area contributed by atoms with E-state index in [1.165, 1.54) is 0 Å². The Kier molecular flexibility index (Phi) is 5.71. The molecule has 0 bridgehead atoms. The average Bonchev–Trinajstić information content (AvgIpc) is 2.68. The van der Waals surface area contributed by atoms with E-state index in [4.69, 9.17) is 9.47 Å². The Morgan fingerprint density at radius 1 is 1.12 bits per heavy atom. The molecular formula is C22H25NO3. The van der Waals surface area contributed by atoms with Crippen molar-refractivity contribution in [3.63, 3.8) is 0 Å². The summed E-state index contributed by atoms with van der Waals surface area (Å²) in [4.78, 5) is 17.6. The number of Topliss-reactive ketones (excluding diaryl/α,β-unsaturated/α-hetero) is 1. The first-order chi connectivity index (χ1) is 12.7. The predicted molar refractivity (Wildman–Crippen MR) is 104 cm³/mol. The molecule has 4 nitrogen and oxygen atoms in total. The summed E-state index contributed by atoms with van der Waals surface area (Å²) in [5.41, 5.74) is 4.09. The Labute approximate surface area is 154 Å². The molecule has 4 heteroatoms. The van der Waals surface area contributed by atoms with E-state index in [9.17, 15) is 4.79 Å². The van der Waals surface area contributed by atoms with Gasteiger partial charge in [-0.1, -0.05) is 37.3 Å². The molecule has 1 atom stereocenters. The van der Waals surface area contributed by atoms with E-state index >= 15 is 0 Å². The Hall–Kier alpha value is -2.62. The third-order valence-corrected chi connectivity index (χ3v) is 4.94. The molecule has 0 spiro atoms. The number of carbonyl (C=O) groups is 1. The van der Waals surface area contributed by atoms with Crippen LogP contribution in [0.15, 0.2) is 47.5 Å². The van der Waals surface area contributed by atoms with E-state index in [-0.39, 0.29) is 11.7 Å². The summed E-state index contributed by atoms with van der Waals surface area (Å²) < 4.78 is 10.8. The third kappa shape index (κ3) is 3.64. The van der Waals surface area contributed by atoms with Gasteiger partial charge in [-0.15, -0.1) is 0 Å². The number of carbonyl (C=O) groups excluding carboxylic acids is 1. The van der Waals surface area contributed by atoms with E-state index in [2.05, 4.69) is 11.9 Å². The number of ketones is 1. The Morgan fingerprint density at radius 3 is 2.46 bits per heavy atom. The quantitative estimate of drug-likeness (QED) is 0.751. The van der Waals surface area contributed by atoms with Crippen LogP contribution in [0.25, 0.3) is 0 Å². The first-order valence-electron chi connectivity index (χ1n) is 9.04. The average molecular weight is 351 g/mol. The molecule has 1 heterocycles. The first-order valence-corrected chi connectivity index (χ1v) is 9.04. The highest BCUT2D eigenvalue weighted by Gasteiger charge is 2.24. The predicted octanol–water partition coefficient (Wildman–Crippen LogP) is 4.20. The number of fused-ring (bicyclic) bond motifs is 1. The molecule has 2 aromatic rings. The van der Waals surface area contributed by atoms with Crippen molar-refractivity contribution >= 4 is 11.5 Å². The molecule has 0 amide bonds. The van der Waals surface area contributed by atoms with Crippen molar-refractivity contribution in [3.8, 4) is 11.5 Å². The normalized spacial score (nSPS) is 14.2.